The third-order valence-electron chi connectivity index (χ3n) is 1.33. The minimum Gasteiger partial charge on any atom is -0.406 e. The molecule has 0 amide bonds. The standard InChI is InChI=1S/C7H5ClF3NO3S/c8-16(13,14)12-5-1-3-6(4-2-5)15-7(9,10)11/h1-4,12H. The predicted octanol–water partition coefficient (Wildman–Crippen LogP) is 2.48. The molecule has 9 heteroatoms. The molecular formula is C7H5ClF3NO3S. The van der Waals surface area contributed by atoms with Crippen LogP contribution >= 0.6 is 10.7 Å². The van der Waals surface area contributed by atoms with Crippen LogP contribution in [-0.4, -0.2) is 14.8 Å². The van der Waals surface area contributed by atoms with Crippen molar-refractivity contribution < 1.29 is 26.3 Å². The van der Waals surface area contributed by atoms with Crippen molar-refractivity contribution in [3.63, 3.8) is 0 Å². The van der Waals surface area contributed by atoms with Crippen LogP contribution in [0.2, 0.25) is 0 Å². The van der Waals surface area contributed by atoms with Gasteiger partial charge in [0.25, 0.3) is 0 Å². The fraction of sp³-hybridized carbons (Fsp3) is 0.143. The molecule has 90 valence electrons. The van der Waals surface area contributed by atoms with Crippen LogP contribution in [0.25, 0.3) is 0 Å². The van der Waals surface area contributed by atoms with Crippen LogP contribution in [0.15, 0.2) is 24.3 Å². The first-order chi connectivity index (χ1) is 7.16. The number of hydrogen-bond acceptors (Lipinski definition) is 3. The fourth-order valence-corrected chi connectivity index (χ4v) is 1.55. The van der Waals surface area contributed by atoms with Gasteiger partial charge in [0.15, 0.2) is 0 Å². The Morgan fingerprint density at radius 1 is 1.19 bits per heavy atom. The minimum atomic E-state index is -4.78. The van der Waals surface area contributed by atoms with Crippen molar-refractivity contribution in [2.45, 2.75) is 6.36 Å². The van der Waals surface area contributed by atoms with Gasteiger partial charge in [-0.15, -0.1) is 13.2 Å². The average molecular weight is 276 g/mol. The summed E-state index contributed by atoms with van der Waals surface area (Å²) in [5, 5.41) is 0. The van der Waals surface area contributed by atoms with Crippen molar-refractivity contribution >= 4 is 25.6 Å². The highest BCUT2D eigenvalue weighted by Gasteiger charge is 2.30. The molecule has 4 nitrogen and oxygen atoms in total. The smallest absolute Gasteiger partial charge is 0.406 e. The molecule has 0 atom stereocenters. The first-order valence-corrected chi connectivity index (χ1v) is 6.05. The summed E-state index contributed by atoms with van der Waals surface area (Å²) in [6.45, 7) is 0. The highest BCUT2D eigenvalue weighted by atomic mass is 35.7. The highest BCUT2D eigenvalue weighted by molar-refractivity contribution is 8.14. The lowest BCUT2D eigenvalue weighted by atomic mass is 10.3. The van der Waals surface area contributed by atoms with Crippen LogP contribution in [0.4, 0.5) is 18.9 Å². The largest absolute Gasteiger partial charge is 0.573 e. The Morgan fingerprint density at radius 2 is 1.69 bits per heavy atom. The Bertz CT molecular complexity index is 457. The number of rotatable bonds is 3. The second-order valence-electron chi connectivity index (χ2n) is 2.61. The Morgan fingerprint density at radius 3 is 2.06 bits per heavy atom. The molecule has 0 heterocycles. The second kappa shape index (κ2) is 4.38. The van der Waals surface area contributed by atoms with Gasteiger partial charge >= 0.3 is 15.6 Å². The number of anilines is 1. The van der Waals surface area contributed by atoms with Gasteiger partial charge in [-0.05, 0) is 24.3 Å². The normalized spacial score (nSPS) is 12.2. The highest BCUT2D eigenvalue weighted by Crippen LogP contribution is 2.24. The monoisotopic (exact) mass is 275 g/mol. The molecule has 0 saturated carbocycles. The van der Waals surface area contributed by atoms with E-state index >= 15 is 0 Å². The summed E-state index contributed by atoms with van der Waals surface area (Å²) < 4.78 is 61.8. The molecule has 0 aliphatic heterocycles. The molecule has 0 aliphatic carbocycles. The lowest BCUT2D eigenvalue weighted by molar-refractivity contribution is -0.274. The Kier molecular flexibility index (Phi) is 3.54. The van der Waals surface area contributed by atoms with Crippen LogP contribution in [0, 0.1) is 0 Å². The average Bonchev–Trinajstić information content (AvgIpc) is 2.03. The fourth-order valence-electron chi connectivity index (χ4n) is 0.865. The van der Waals surface area contributed by atoms with Gasteiger partial charge < -0.3 is 4.74 Å². The van der Waals surface area contributed by atoms with E-state index in [1.807, 2.05) is 4.72 Å². The van der Waals surface area contributed by atoms with Crippen molar-refractivity contribution in [3.05, 3.63) is 24.3 Å². The van der Waals surface area contributed by atoms with E-state index in [0.717, 1.165) is 24.3 Å². The van der Waals surface area contributed by atoms with Crippen LogP contribution in [0.3, 0.4) is 0 Å². The summed E-state index contributed by atoms with van der Waals surface area (Å²) in [4.78, 5) is 0. The predicted molar refractivity (Wildman–Crippen MR) is 51.5 cm³/mol. The van der Waals surface area contributed by atoms with E-state index in [4.69, 9.17) is 10.7 Å². The molecule has 1 rings (SSSR count). The molecule has 0 unspecified atom stereocenters. The minimum absolute atomic E-state index is 0.0320. The second-order valence-corrected chi connectivity index (χ2v) is 4.91. The van der Waals surface area contributed by atoms with Crippen LogP contribution in [-0.2, 0) is 9.24 Å². The lowest BCUT2D eigenvalue weighted by Gasteiger charge is -2.09. The van der Waals surface area contributed by atoms with Gasteiger partial charge in [-0.3, -0.25) is 4.72 Å². The third-order valence-corrected chi connectivity index (χ3v) is 2.04. The SMILES string of the molecule is O=S(=O)(Cl)Nc1ccc(OC(F)(F)F)cc1. The molecular weight excluding hydrogens is 271 g/mol. The summed E-state index contributed by atoms with van der Waals surface area (Å²) in [6.07, 6.45) is -4.78. The van der Waals surface area contributed by atoms with Gasteiger partial charge in [-0.1, -0.05) is 0 Å². The maximum Gasteiger partial charge on any atom is 0.573 e. The van der Waals surface area contributed by atoms with E-state index in [2.05, 4.69) is 4.74 Å². The van der Waals surface area contributed by atoms with Crippen molar-refractivity contribution in [3.8, 4) is 5.75 Å². The zero-order chi connectivity index (χ0) is 12.4. The Labute approximate surface area is 93.5 Å². The van der Waals surface area contributed by atoms with Gasteiger partial charge in [0, 0.05) is 16.4 Å². The quantitative estimate of drug-likeness (QED) is 0.862. The van der Waals surface area contributed by atoms with E-state index in [1.54, 1.807) is 0 Å². The number of ether oxygens (including phenoxy) is 1. The van der Waals surface area contributed by atoms with E-state index in [0.29, 0.717) is 0 Å². The molecule has 16 heavy (non-hydrogen) atoms. The summed E-state index contributed by atoms with van der Waals surface area (Å²) >= 11 is 0. The molecule has 0 aromatic heterocycles. The first-order valence-electron chi connectivity index (χ1n) is 3.74. The molecule has 0 radical (unpaired) electrons. The van der Waals surface area contributed by atoms with Gasteiger partial charge in [0.2, 0.25) is 0 Å². The van der Waals surface area contributed by atoms with E-state index in [9.17, 15) is 21.6 Å². The van der Waals surface area contributed by atoms with E-state index in [-0.39, 0.29) is 5.69 Å². The Hall–Kier alpha value is -1.15. The topological polar surface area (TPSA) is 55.4 Å². The van der Waals surface area contributed by atoms with Crippen LogP contribution in [0.5, 0.6) is 5.75 Å². The molecule has 0 aliphatic rings. The van der Waals surface area contributed by atoms with Crippen molar-refractivity contribution in [1.82, 2.24) is 0 Å². The zero-order valence-electron chi connectivity index (χ0n) is 7.45. The summed E-state index contributed by atoms with van der Waals surface area (Å²) in [6, 6.07) is 4.08. The van der Waals surface area contributed by atoms with Gasteiger partial charge in [0.05, 0.1) is 0 Å². The van der Waals surface area contributed by atoms with Crippen LogP contribution in [0.1, 0.15) is 0 Å². The summed E-state index contributed by atoms with van der Waals surface area (Å²) in [5.41, 5.74) is 0.0320. The number of nitrogens with one attached hydrogen (secondary N) is 1. The third kappa shape index (κ3) is 5.08. The van der Waals surface area contributed by atoms with E-state index in [1.165, 1.54) is 0 Å². The molecule has 1 N–H and O–H groups in total. The number of benzene rings is 1. The number of alkyl halides is 3. The zero-order valence-corrected chi connectivity index (χ0v) is 9.03. The van der Waals surface area contributed by atoms with Crippen molar-refractivity contribution in [2.24, 2.45) is 0 Å². The molecule has 0 fully saturated rings. The summed E-state index contributed by atoms with van der Waals surface area (Å²) in [5.74, 6) is -0.454. The van der Waals surface area contributed by atoms with Crippen LogP contribution < -0.4 is 9.46 Å². The molecule has 1 aromatic carbocycles. The first kappa shape index (κ1) is 12.9. The number of hydrogen-bond donors (Lipinski definition) is 1. The maximum absolute atomic E-state index is 11.8. The van der Waals surface area contributed by atoms with Gasteiger partial charge in [-0.2, -0.15) is 8.42 Å². The summed E-state index contributed by atoms with van der Waals surface area (Å²) in [7, 11) is 0.898. The molecule has 0 saturated heterocycles. The van der Waals surface area contributed by atoms with Crippen molar-refractivity contribution in [2.75, 3.05) is 4.72 Å². The lowest BCUT2D eigenvalue weighted by Crippen LogP contribution is -2.17. The molecule has 0 spiro atoms. The Balaban J connectivity index is 2.76. The van der Waals surface area contributed by atoms with Crippen molar-refractivity contribution in [1.29, 1.82) is 0 Å². The van der Waals surface area contributed by atoms with Gasteiger partial charge in [0.1, 0.15) is 5.75 Å². The number of halogens is 4. The molecule has 1 aromatic rings. The molecule has 0 bridgehead atoms. The van der Waals surface area contributed by atoms with E-state index < -0.39 is 21.3 Å². The van der Waals surface area contributed by atoms with Gasteiger partial charge in [-0.25, -0.2) is 0 Å². The maximum atomic E-state index is 11.8.